The van der Waals surface area contributed by atoms with Crippen molar-refractivity contribution in [2.24, 2.45) is 59.2 Å². The minimum atomic E-state index is 0.522. The molecule has 17 atom stereocenters. The smallest absolute Gasteiger partial charge is 0.0766 e. The number of thioether (sulfide) groups is 1. The summed E-state index contributed by atoms with van der Waals surface area (Å²) >= 11 is 2.44. The number of hydrogen-bond acceptors (Lipinski definition) is 4. The highest BCUT2D eigenvalue weighted by atomic mass is 32.2. The largest absolute Gasteiger partial charge is 0.374 e. The van der Waals surface area contributed by atoms with Gasteiger partial charge in [-0.25, -0.2) is 0 Å². The molecule has 0 aromatic carbocycles. The van der Waals surface area contributed by atoms with E-state index in [-0.39, 0.29) is 0 Å². The lowest BCUT2D eigenvalue weighted by atomic mass is 9.59. The van der Waals surface area contributed by atoms with Crippen molar-refractivity contribution in [3.05, 3.63) is 0 Å². The number of hydrogen-bond donors (Lipinski definition) is 0. The van der Waals surface area contributed by atoms with Crippen molar-refractivity contribution in [3.8, 4) is 0 Å². The first-order valence-electron chi connectivity index (χ1n) is 23.5. The fourth-order valence-electron chi connectivity index (χ4n) is 17.1. The molecule has 11 rings (SSSR count). The lowest BCUT2D eigenvalue weighted by Crippen LogP contribution is -2.59. The Balaban J connectivity index is 0.854. The predicted octanol–water partition coefficient (Wildman–Crippen LogP) is 11.2. The van der Waals surface area contributed by atoms with Crippen molar-refractivity contribution in [3.63, 3.8) is 0 Å². The molecule has 50 heavy (non-hydrogen) atoms. The molecule has 11 fully saturated rings. The molecule has 0 aromatic heterocycles. The molecule has 0 spiro atoms. The van der Waals surface area contributed by atoms with Gasteiger partial charge in [-0.3, -0.25) is 4.90 Å². The van der Waals surface area contributed by atoms with Crippen LogP contribution in [0, 0.1) is 59.2 Å². The van der Waals surface area contributed by atoms with Gasteiger partial charge in [-0.1, -0.05) is 64.2 Å². The molecular formula is C46H73NO2S. The first kappa shape index (κ1) is 33.6. The van der Waals surface area contributed by atoms with Crippen LogP contribution in [-0.4, -0.2) is 57.9 Å². The Bertz CT molecular complexity index is 1180. The van der Waals surface area contributed by atoms with E-state index in [9.17, 15) is 0 Å². The van der Waals surface area contributed by atoms with Crippen LogP contribution in [0.15, 0.2) is 0 Å². The van der Waals surface area contributed by atoms with Crippen molar-refractivity contribution in [2.45, 2.75) is 226 Å². The lowest BCUT2D eigenvalue weighted by molar-refractivity contribution is -0.106. The molecule has 3 nitrogen and oxygen atoms in total. The van der Waals surface area contributed by atoms with E-state index in [1.54, 1.807) is 25.7 Å². The standard InChI is InChI=1S/C46H73NO2S/c1-2-11-32-28(9-1)10-7-14-33(32)29-19-21-30(22-20-29)47(31-23-24-35-34-12-3-5-17-40(34)48-41(35)27-31)39-16-8-15-36-37-25-26-43-44(46(37)49-45(36)39)38-13-4-6-18-42(38)50-43/h28-46H,1-27H2. The highest BCUT2D eigenvalue weighted by Crippen LogP contribution is 2.61. The van der Waals surface area contributed by atoms with Crippen LogP contribution in [0.25, 0.3) is 0 Å². The Kier molecular flexibility index (Phi) is 9.44. The van der Waals surface area contributed by atoms with Crippen molar-refractivity contribution in [2.75, 3.05) is 0 Å². The summed E-state index contributed by atoms with van der Waals surface area (Å²) in [4.78, 5) is 3.31. The molecule has 4 heteroatoms. The number of fused-ring (bicyclic) bond motifs is 11. The lowest BCUT2D eigenvalue weighted by Gasteiger charge is -2.53. The molecule has 11 aliphatic rings. The van der Waals surface area contributed by atoms with Gasteiger partial charge in [0.05, 0.1) is 24.4 Å². The van der Waals surface area contributed by atoms with E-state index in [4.69, 9.17) is 9.47 Å². The minimum Gasteiger partial charge on any atom is -0.374 e. The van der Waals surface area contributed by atoms with Crippen LogP contribution in [0.3, 0.4) is 0 Å². The Labute approximate surface area is 310 Å². The van der Waals surface area contributed by atoms with Crippen LogP contribution in [0.2, 0.25) is 0 Å². The van der Waals surface area contributed by atoms with Crippen LogP contribution >= 0.6 is 11.8 Å². The van der Waals surface area contributed by atoms with Crippen molar-refractivity contribution < 1.29 is 9.47 Å². The second kappa shape index (κ2) is 14.1. The molecule has 0 radical (unpaired) electrons. The van der Waals surface area contributed by atoms with Gasteiger partial charge in [0.25, 0.3) is 0 Å². The van der Waals surface area contributed by atoms with E-state index in [0.717, 1.165) is 81.8 Å². The highest BCUT2D eigenvalue weighted by Gasteiger charge is 2.61. The van der Waals surface area contributed by atoms with Crippen LogP contribution in [-0.2, 0) is 9.47 Å². The fraction of sp³-hybridized carbons (Fsp3) is 1.00. The zero-order valence-corrected chi connectivity index (χ0v) is 32.5. The van der Waals surface area contributed by atoms with Gasteiger partial charge in [0, 0.05) is 34.5 Å². The highest BCUT2D eigenvalue weighted by molar-refractivity contribution is 8.00. The third-order valence-corrected chi connectivity index (χ3v) is 20.8. The SMILES string of the molecule is C1CCC2C(C1)CCCC2C1CCC(N(C2CCC3C(C2)OC2CCCCC23)C2CCCC3C4CCC5SC6CCCCC6C5C4OC32)CC1. The predicted molar refractivity (Wildman–Crippen MR) is 205 cm³/mol. The average Bonchev–Trinajstić information content (AvgIpc) is 3.86. The van der Waals surface area contributed by atoms with Gasteiger partial charge in [-0.05, 0) is 162 Å². The molecule has 0 N–H and O–H groups in total. The van der Waals surface area contributed by atoms with E-state index >= 15 is 0 Å². The molecular weight excluding hydrogens is 631 g/mol. The molecule has 17 unspecified atom stereocenters. The third-order valence-electron chi connectivity index (χ3n) is 19.0. The van der Waals surface area contributed by atoms with Crippen molar-refractivity contribution in [1.82, 2.24) is 4.90 Å². The minimum absolute atomic E-state index is 0.522. The van der Waals surface area contributed by atoms with Gasteiger partial charge in [-0.15, -0.1) is 0 Å². The zero-order valence-electron chi connectivity index (χ0n) is 31.7. The van der Waals surface area contributed by atoms with Crippen LogP contribution < -0.4 is 0 Å². The maximum atomic E-state index is 7.76. The van der Waals surface area contributed by atoms with Gasteiger partial charge >= 0.3 is 0 Å². The molecule has 3 heterocycles. The third kappa shape index (κ3) is 5.71. The fourth-order valence-corrected chi connectivity index (χ4v) is 19.2. The molecule has 3 saturated heterocycles. The maximum absolute atomic E-state index is 7.76. The normalized spacial score (nSPS) is 56.0. The quantitative estimate of drug-likeness (QED) is 0.291. The van der Waals surface area contributed by atoms with E-state index < -0.39 is 0 Å². The number of ether oxygens (including phenoxy) is 2. The summed E-state index contributed by atoms with van der Waals surface area (Å²) in [5.74, 6) is 9.59. The summed E-state index contributed by atoms with van der Waals surface area (Å²) in [6.45, 7) is 0. The first-order valence-corrected chi connectivity index (χ1v) is 24.5. The van der Waals surface area contributed by atoms with Gasteiger partial charge in [0.1, 0.15) is 0 Å². The molecule has 0 bridgehead atoms. The van der Waals surface area contributed by atoms with Crippen LogP contribution in [0.4, 0.5) is 0 Å². The second-order valence-electron chi connectivity index (χ2n) is 20.8. The maximum Gasteiger partial charge on any atom is 0.0766 e. The second-order valence-corrected chi connectivity index (χ2v) is 22.3. The van der Waals surface area contributed by atoms with Gasteiger partial charge in [-0.2, -0.15) is 11.8 Å². The van der Waals surface area contributed by atoms with Gasteiger partial charge in [0.2, 0.25) is 0 Å². The molecule has 3 aliphatic heterocycles. The van der Waals surface area contributed by atoms with E-state index in [1.807, 2.05) is 0 Å². The summed E-state index contributed by atoms with van der Waals surface area (Å²) in [5.41, 5.74) is 0. The Morgan fingerprint density at radius 2 is 1.00 bits per heavy atom. The van der Waals surface area contributed by atoms with Crippen LogP contribution in [0.5, 0.6) is 0 Å². The monoisotopic (exact) mass is 704 g/mol. The zero-order chi connectivity index (χ0) is 32.8. The van der Waals surface area contributed by atoms with E-state index in [1.165, 1.54) is 148 Å². The molecule has 8 saturated carbocycles. The number of rotatable bonds is 4. The van der Waals surface area contributed by atoms with Crippen molar-refractivity contribution in [1.29, 1.82) is 0 Å². The Morgan fingerprint density at radius 3 is 1.90 bits per heavy atom. The summed E-state index contributed by atoms with van der Waals surface area (Å²) in [6, 6.07) is 2.22. The van der Waals surface area contributed by atoms with Gasteiger partial charge < -0.3 is 9.47 Å². The van der Waals surface area contributed by atoms with Crippen molar-refractivity contribution >= 4 is 11.8 Å². The van der Waals surface area contributed by atoms with Gasteiger partial charge in [0.15, 0.2) is 0 Å². The Morgan fingerprint density at radius 1 is 0.380 bits per heavy atom. The Hall–Kier alpha value is 0.230. The molecule has 0 aromatic rings. The summed E-state index contributed by atoms with van der Waals surface area (Å²) < 4.78 is 14.8. The first-order chi connectivity index (χ1) is 24.8. The molecule has 8 aliphatic carbocycles. The molecule has 280 valence electrons. The summed E-state index contributed by atoms with van der Waals surface area (Å²) in [6.07, 6.45) is 42.4. The molecule has 0 amide bonds. The topological polar surface area (TPSA) is 21.7 Å². The van der Waals surface area contributed by atoms with E-state index in [2.05, 4.69) is 16.7 Å². The average molecular weight is 704 g/mol. The number of nitrogens with zero attached hydrogens (tertiary/aromatic N) is 1. The van der Waals surface area contributed by atoms with Crippen LogP contribution in [0.1, 0.15) is 173 Å². The summed E-state index contributed by atoms with van der Waals surface area (Å²) in [5, 5.41) is 1.88. The summed E-state index contributed by atoms with van der Waals surface area (Å²) in [7, 11) is 0. The van der Waals surface area contributed by atoms with E-state index in [0.29, 0.717) is 30.5 Å².